The van der Waals surface area contributed by atoms with Crippen LogP contribution in [0.4, 0.5) is 8.78 Å². The second-order valence-corrected chi connectivity index (χ2v) is 15.9. The van der Waals surface area contributed by atoms with Gasteiger partial charge in [-0.3, -0.25) is 4.79 Å². The van der Waals surface area contributed by atoms with Crippen molar-refractivity contribution in [3.8, 4) is 28.7 Å². The molecule has 0 radical (unpaired) electrons. The molecule has 0 aliphatic heterocycles. The number of ether oxygens (including phenoxy) is 1. The van der Waals surface area contributed by atoms with E-state index in [1.54, 1.807) is 17.7 Å². The first kappa shape index (κ1) is 25.8. The molecule has 4 rings (SSSR count). The fourth-order valence-corrected chi connectivity index (χ4v) is 4.86. The van der Waals surface area contributed by atoms with Crippen LogP contribution in [0.2, 0.25) is 30.7 Å². The second-order valence-electron chi connectivity index (χ2n) is 9.85. The van der Waals surface area contributed by atoms with Crippen LogP contribution in [0.15, 0.2) is 41.3 Å². The largest absolute Gasteiger partial charge is 0.361 e. The van der Waals surface area contributed by atoms with Crippen LogP contribution in [0.5, 0.6) is 0 Å². The van der Waals surface area contributed by atoms with Gasteiger partial charge in [-0.15, -0.1) is 0 Å². The highest BCUT2D eigenvalue weighted by Gasteiger charge is 2.23. The van der Waals surface area contributed by atoms with Gasteiger partial charge in [-0.2, -0.15) is 5.26 Å². The van der Waals surface area contributed by atoms with E-state index in [1.165, 1.54) is 24.3 Å². The van der Waals surface area contributed by atoms with Crippen molar-refractivity contribution in [1.29, 1.82) is 5.26 Å². The van der Waals surface area contributed by atoms with Crippen LogP contribution >= 0.6 is 11.6 Å². The molecule has 0 saturated heterocycles. The summed E-state index contributed by atoms with van der Waals surface area (Å²) in [5, 5.41) is 9.17. The number of rotatable bonds is 7. The number of fused-ring (bicyclic) bond motifs is 1. The highest BCUT2D eigenvalue weighted by Crippen LogP contribution is 2.32. The first-order valence-corrected chi connectivity index (χ1v) is 15.4. The highest BCUT2D eigenvalue weighted by atomic mass is 35.5. The number of imidazole rings is 1. The van der Waals surface area contributed by atoms with Gasteiger partial charge in [0.05, 0.1) is 39.5 Å². The maximum atomic E-state index is 15.7. The van der Waals surface area contributed by atoms with Crippen molar-refractivity contribution in [3.05, 3.63) is 74.7 Å². The van der Waals surface area contributed by atoms with Gasteiger partial charge in [-0.25, -0.2) is 13.8 Å². The average Bonchev–Trinajstić information content (AvgIpc) is 3.15. The molecule has 1 N–H and O–H groups in total. The van der Waals surface area contributed by atoms with E-state index in [4.69, 9.17) is 16.3 Å². The number of hydrogen-bond acceptors (Lipinski definition) is 4. The number of H-pyrrole nitrogens is 1. The molecule has 186 valence electrons. The Balaban J connectivity index is 1.78. The molecule has 2 heterocycles. The van der Waals surface area contributed by atoms with Crippen LogP contribution in [-0.4, -0.2) is 29.2 Å². The maximum Gasteiger partial charge on any atom is 0.193 e. The summed E-state index contributed by atoms with van der Waals surface area (Å²) in [6.45, 7) is 9.05. The number of aromatic nitrogens is 3. The Kier molecular flexibility index (Phi) is 7.14. The molecule has 6 nitrogen and oxygen atoms in total. The molecule has 10 heteroatoms. The first-order chi connectivity index (χ1) is 17.0. The highest BCUT2D eigenvalue weighted by molar-refractivity contribution is 6.76. The summed E-state index contributed by atoms with van der Waals surface area (Å²) in [6, 6.07) is 9.78. The predicted octanol–water partition coefficient (Wildman–Crippen LogP) is 6.48. The van der Waals surface area contributed by atoms with E-state index in [0.29, 0.717) is 23.4 Å². The van der Waals surface area contributed by atoms with Crippen molar-refractivity contribution in [3.63, 3.8) is 0 Å². The minimum atomic E-state index is -1.29. The monoisotopic (exact) mass is 526 g/mol. The van der Waals surface area contributed by atoms with Gasteiger partial charge in [0, 0.05) is 37.5 Å². The summed E-state index contributed by atoms with van der Waals surface area (Å²) < 4.78 is 38.4. The number of nitriles is 1. The number of pyridine rings is 1. The van der Waals surface area contributed by atoms with E-state index < -0.39 is 30.7 Å². The second kappa shape index (κ2) is 9.97. The van der Waals surface area contributed by atoms with Gasteiger partial charge in [-0.05, 0) is 37.2 Å². The van der Waals surface area contributed by atoms with E-state index in [1.807, 2.05) is 6.07 Å². The zero-order chi connectivity index (χ0) is 26.2. The molecule has 0 unspecified atom stereocenters. The number of nitrogens with one attached hydrogen (secondary N) is 1. The minimum absolute atomic E-state index is 0.0316. The van der Waals surface area contributed by atoms with Crippen molar-refractivity contribution in [2.45, 2.75) is 39.3 Å². The van der Waals surface area contributed by atoms with Gasteiger partial charge >= 0.3 is 0 Å². The molecule has 0 aliphatic carbocycles. The van der Waals surface area contributed by atoms with E-state index in [2.05, 4.69) is 29.6 Å². The summed E-state index contributed by atoms with van der Waals surface area (Å²) in [7, 11) is -1.29. The molecule has 0 atom stereocenters. The lowest BCUT2D eigenvalue weighted by molar-refractivity contribution is 0.0881. The summed E-state index contributed by atoms with van der Waals surface area (Å²) in [5.41, 5.74) is 0.432. The van der Waals surface area contributed by atoms with Gasteiger partial charge in [0.1, 0.15) is 24.2 Å². The molecular weight excluding hydrogens is 502 g/mol. The molecule has 2 aromatic heterocycles. The van der Waals surface area contributed by atoms with Crippen molar-refractivity contribution in [2.75, 3.05) is 6.61 Å². The van der Waals surface area contributed by atoms with Crippen LogP contribution in [0, 0.1) is 29.9 Å². The van der Waals surface area contributed by atoms with Gasteiger partial charge in [0.15, 0.2) is 5.43 Å². The molecule has 0 aliphatic rings. The number of halogens is 3. The Morgan fingerprint density at radius 1 is 1.22 bits per heavy atom. The van der Waals surface area contributed by atoms with Crippen molar-refractivity contribution >= 4 is 30.6 Å². The number of nitrogens with zero attached hydrogens (tertiary/aromatic N) is 3. The normalized spacial score (nSPS) is 11.7. The topological polar surface area (TPSA) is 83.7 Å². The van der Waals surface area contributed by atoms with E-state index >= 15 is 8.78 Å². The number of aryl methyl sites for hydroxylation is 1. The van der Waals surface area contributed by atoms with Crippen LogP contribution in [0.3, 0.4) is 0 Å². The summed E-state index contributed by atoms with van der Waals surface area (Å²) in [5.74, 6) is -1.84. The molecular formula is C26H25ClF2N4O2Si. The summed E-state index contributed by atoms with van der Waals surface area (Å²) in [4.78, 5) is 20.2. The third-order valence-corrected chi connectivity index (χ3v) is 7.78. The lowest BCUT2D eigenvalue weighted by Gasteiger charge is -2.16. The van der Waals surface area contributed by atoms with Crippen LogP contribution in [-0.2, 0) is 11.5 Å². The number of aromatic amines is 1. The SMILES string of the molecule is Cc1cn(COCC[Si](C)(C)C)c(-c2c(F)cc3[nH]c(-c4cc(C#N)ccc4Cl)cc(=O)c3c2F)n1. The predicted molar refractivity (Wildman–Crippen MR) is 140 cm³/mol. The summed E-state index contributed by atoms with van der Waals surface area (Å²) >= 11 is 6.26. The number of benzene rings is 2. The molecule has 0 saturated carbocycles. The quantitative estimate of drug-likeness (QED) is 0.220. The van der Waals surface area contributed by atoms with E-state index in [9.17, 15) is 10.1 Å². The van der Waals surface area contributed by atoms with Gasteiger partial charge in [0.25, 0.3) is 0 Å². The third-order valence-electron chi connectivity index (χ3n) is 5.74. The van der Waals surface area contributed by atoms with Gasteiger partial charge < -0.3 is 14.3 Å². The Hall–Kier alpha value is -3.32. The zero-order valence-corrected chi connectivity index (χ0v) is 22.1. The molecule has 4 aromatic rings. The maximum absolute atomic E-state index is 15.7. The standard InChI is InChI=1S/C26H25ClF2N4O2Si/c1-15-13-33(14-35-7-8-36(2,3)4)26(31-15)23-19(28)10-21-24(25(23)29)22(34)11-20(32-21)17-9-16(12-30)5-6-18(17)27/h5-6,9-11,13H,7-8,14H2,1-4H3,(H,32,34). The Morgan fingerprint density at radius 2 is 1.97 bits per heavy atom. The van der Waals surface area contributed by atoms with E-state index in [-0.39, 0.29) is 34.2 Å². The summed E-state index contributed by atoms with van der Waals surface area (Å²) in [6.07, 6.45) is 1.66. The molecule has 2 aromatic carbocycles. The molecule has 0 amide bonds. The number of hydrogen-bond donors (Lipinski definition) is 1. The fraction of sp³-hybridized carbons (Fsp3) is 0.269. The van der Waals surface area contributed by atoms with Crippen molar-refractivity contribution in [1.82, 2.24) is 14.5 Å². The van der Waals surface area contributed by atoms with Crippen LogP contribution < -0.4 is 5.43 Å². The van der Waals surface area contributed by atoms with Crippen LogP contribution in [0.25, 0.3) is 33.5 Å². The molecule has 36 heavy (non-hydrogen) atoms. The zero-order valence-electron chi connectivity index (χ0n) is 20.4. The van der Waals surface area contributed by atoms with Gasteiger partial charge in [0.2, 0.25) is 0 Å². The Morgan fingerprint density at radius 3 is 2.67 bits per heavy atom. The molecule has 0 spiro atoms. The molecule has 0 fully saturated rings. The van der Waals surface area contributed by atoms with Crippen molar-refractivity contribution < 1.29 is 13.5 Å². The lowest BCUT2D eigenvalue weighted by atomic mass is 10.0. The van der Waals surface area contributed by atoms with E-state index in [0.717, 1.165) is 12.1 Å². The lowest BCUT2D eigenvalue weighted by Crippen LogP contribution is -2.22. The van der Waals surface area contributed by atoms with Gasteiger partial charge in [-0.1, -0.05) is 31.2 Å². The molecule has 0 bridgehead atoms. The Bertz CT molecular complexity index is 1570. The minimum Gasteiger partial charge on any atom is -0.361 e. The average molecular weight is 527 g/mol. The van der Waals surface area contributed by atoms with Crippen molar-refractivity contribution in [2.24, 2.45) is 0 Å². The smallest absolute Gasteiger partial charge is 0.193 e. The first-order valence-electron chi connectivity index (χ1n) is 11.4. The third kappa shape index (κ3) is 5.26. The van der Waals surface area contributed by atoms with Crippen LogP contribution in [0.1, 0.15) is 11.3 Å². The Labute approximate surface area is 213 Å². The fourth-order valence-electron chi connectivity index (χ4n) is 3.88.